The molecule has 200 valence electrons. The number of amides is 1. The van der Waals surface area contributed by atoms with Crippen molar-refractivity contribution in [2.45, 2.75) is 13.2 Å². The van der Waals surface area contributed by atoms with E-state index in [1.807, 2.05) is 0 Å². The number of hydrogen-bond donors (Lipinski definition) is 2. The number of halogens is 2. The third-order valence-electron chi connectivity index (χ3n) is 6.18. The minimum Gasteiger partial charge on any atom is -0.454 e. The molecule has 6 rings (SSSR count). The minimum absolute atomic E-state index is 0.127. The highest BCUT2D eigenvalue weighted by molar-refractivity contribution is 6.09. The number of carbonyl (C=O) groups is 1. The largest absolute Gasteiger partial charge is 0.454 e. The summed E-state index contributed by atoms with van der Waals surface area (Å²) in [5.74, 6) is 0.745. The predicted octanol–water partition coefficient (Wildman–Crippen LogP) is 3.19. The molecule has 5 aromatic rings. The molecular formula is C25H23F2N9O3. The maximum absolute atomic E-state index is 13.3. The summed E-state index contributed by atoms with van der Waals surface area (Å²) in [7, 11) is 1.65. The van der Waals surface area contributed by atoms with Crippen molar-refractivity contribution in [3.63, 3.8) is 0 Å². The Morgan fingerprint density at radius 1 is 1.21 bits per heavy atom. The number of aryl methyl sites for hydroxylation is 1. The first-order valence-electron chi connectivity index (χ1n) is 12.1. The van der Waals surface area contributed by atoms with Crippen LogP contribution in [0.1, 0.15) is 10.4 Å². The van der Waals surface area contributed by atoms with Gasteiger partial charge in [-0.15, -0.1) is 0 Å². The molecule has 0 spiro atoms. The van der Waals surface area contributed by atoms with Crippen LogP contribution in [0.25, 0.3) is 16.9 Å². The van der Waals surface area contributed by atoms with Gasteiger partial charge in [0.25, 0.3) is 5.91 Å². The highest BCUT2D eigenvalue weighted by atomic mass is 19.3. The number of rotatable bonds is 9. The molecule has 39 heavy (non-hydrogen) atoms. The second kappa shape index (κ2) is 10.1. The van der Waals surface area contributed by atoms with Gasteiger partial charge in [-0.1, -0.05) is 0 Å². The van der Waals surface area contributed by atoms with Crippen molar-refractivity contribution < 1.29 is 23.0 Å². The Bertz CT molecular complexity index is 1640. The van der Waals surface area contributed by atoms with Crippen LogP contribution in [-0.2, 0) is 13.6 Å². The first-order valence-corrected chi connectivity index (χ1v) is 12.1. The van der Waals surface area contributed by atoms with Crippen LogP contribution in [0.3, 0.4) is 0 Å². The van der Waals surface area contributed by atoms with Crippen LogP contribution >= 0.6 is 0 Å². The monoisotopic (exact) mass is 535 g/mol. The maximum atomic E-state index is 13.3. The maximum Gasteiger partial charge on any atom is 0.387 e. The molecule has 0 bridgehead atoms. The van der Waals surface area contributed by atoms with Crippen molar-refractivity contribution in [2.75, 3.05) is 18.4 Å². The molecule has 0 radical (unpaired) electrons. The fraction of sp³-hybridized carbons (Fsp3) is 0.240. The summed E-state index contributed by atoms with van der Waals surface area (Å²) in [6, 6.07) is 6.11. The SMILES string of the molecule is Cn1cc(NC(=O)c2cnn3cccnc23)c(-c2cc(Oc3cnn(CC4CNC4)c3)ccc2OC(F)F)n1. The number of nitrogens with zero attached hydrogens (tertiary/aromatic N) is 7. The van der Waals surface area contributed by atoms with Crippen LogP contribution in [0, 0.1) is 5.92 Å². The summed E-state index contributed by atoms with van der Waals surface area (Å²) in [5.41, 5.74) is 1.29. The van der Waals surface area contributed by atoms with Gasteiger partial charge in [-0.25, -0.2) is 9.50 Å². The molecule has 1 aliphatic heterocycles. The van der Waals surface area contributed by atoms with E-state index in [9.17, 15) is 13.6 Å². The van der Waals surface area contributed by atoms with E-state index in [2.05, 4.69) is 30.9 Å². The molecule has 1 fully saturated rings. The zero-order valence-corrected chi connectivity index (χ0v) is 20.7. The Morgan fingerprint density at radius 2 is 2.08 bits per heavy atom. The number of alkyl halides is 2. The number of carbonyl (C=O) groups excluding carboxylic acids is 1. The minimum atomic E-state index is -3.07. The zero-order chi connectivity index (χ0) is 26.9. The number of fused-ring (bicyclic) bond motifs is 1. The van der Waals surface area contributed by atoms with Crippen LogP contribution in [0.4, 0.5) is 14.5 Å². The molecule has 1 aliphatic rings. The van der Waals surface area contributed by atoms with E-state index in [0.717, 1.165) is 19.6 Å². The predicted molar refractivity (Wildman–Crippen MR) is 135 cm³/mol. The number of ether oxygens (including phenoxy) is 2. The van der Waals surface area contributed by atoms with Gasteiger partial charge in [-0.05, 0) is 24.3 Å². The van der Waals surface area contributed by atoms with Crippen LogP contribution in [0.5, 0.6) is 17.2 Å². The fourth-order valence-electron chi connectivity index (χ4n) is 4.29. The van der Waals surface area contributed by atoms with Crippen molar-refractivity contribution in [1.29, 1.82) is 0 Å². The fourth-order valence-corrected chi connectivity index (χ4v) is 4.29. The number of hydrogen-bond acceptors (Lipinski definition) is 8. The van der Waals surface area contributed by atoms with Crippen molar-refractivity contribution in [3.8, 4) is 28.5 Å². The summed E-state index contributed by atoms with van der Waals surface area (Å²) in [6.45, 7) is -0.410. The molecule has 0 atom stereocenters. The second-order valence-corrected chi connectivity index (χ2v) is 9.03. The summed E-state index contributed by atoms with van der Waals surface area (Å²) in [5, 5.41) is 18.9. The lowest BCUT2D eigenvalue weighted by atomic mass is 10.0. The summed E-state index contributed by atoms with van der Waals surface area (Å²) in [4.78, 5) is 17.3. The van der Waals surface area contributed by atoms with Crippen LogP contribution in [0.15, 0.2) is 61.4 Å². The lowest BCUT2D eigenvalue weighted by Crippen LogP contribution is -2.44. The van der Waals surface area contributed by atoms with E-state index in [4.69, 9.17) is 9.47 Å². The first kappa shape index (κ1) is 24.5. The van der Waals surface area contributed by atoms with Gasteiger partial charge < -0.3 is 20.1 Å². The number of nitrogens with one attached hydrogen (secondary N) is 2. The lowest BCUT2D eigenvalue weighted by molar-refractivity contribution is -0.0494. The standard InChI is InChI=1S/C25H23F2N9O3/c1-34-14-20(32-24(37)19-11-31-36-6-2-5-29-23(19)36)22(33-34)18-7-16(3-4-21(18)39-25(26)27)38-17-10-30-35(13-17)12-15-8-28-9-15/h2-7,10-11,13-15,25,28H,8-9,12H2,1H3,(H,32,37). The van der Waals surface area contributed by atoms with Gasteiger partial charge in [0.05, 0.1) is 29.8 Å². The lowest BCUT2D eigenvalue weighted by Gasteiger charge is -2.26. The van der Waals surface area contributed by atoms with Gasteiger partial charge in [0.2, 0.25) is 0 Å². The van der Waals surface area contributed by atoms with E-state index in [1.54, 1.807) is 48.8 Å². The molecule has 0 unspecified atom stereocenters. The molecule has 5 heterocycles. The Kier molecular flexibility index (Phi) is 6.36. The van der Waals surface area contributed by atoms with Gasteiger partial charge in [0.15, 0.2) is 11.4 Å². The smallest absolute Gasteiger partial charge is 0.387 e. The van der Waals surface area contributed by atoms with Crippen molar-refractivity contribution >= 4 is 17.2 Å². The first-order chi connectivity index (χ1) is 18.9. The van der Waals surface area contributed by atoms with E-state index < -0.39 is 12.5 Å². The quantitative estimate of drug-likeness (QED) is 0.295. The number of aromatic nitrogens is 7. The highest BCUT2D eigenvalue weighted by Crippen LogP contribution is 2.38. The van der Waals surface area contributed by atoms with E-state index >= 15 is 0 Å². The van der Waals surface area contributed by atoms with Crippen molar-refractivity contribution in [2.24, 2.45) is 13.0 Å². The molecule has 0 saturated carbocycles. The van der Waals surface area contributed by atoms with E-state index in [0.29, 0.717) is 23.1 Å². The topological polar surface area (TPSA) is 125 Å². The van der Waals surface area contributed by atoms with E-state index in [1.165, 1.54) is 33.6 Å². The molecule has 1 amide bonds. The summed E-state index contributed by atoms with van der Waals surface area (Å²) >= 11 is 0. The molecule has 0 aliphatic carbocycles. The molecule has 4 aromatic heterocycles. The second-order valence-electron chi connectivity index (χ2n) is 9.03. The molecule has 1 saturated heterocycles. The normalized spacial score (nSPS) is 13.5. The Hall–Kier alpha value is -4.85. The van der Waals surface area contributed by atoms with Crippen LogP contribution in [-0.4, -0.2) is 59.8 Å². The van der Waals surface area contributed by atoms with Gasteiger partial charge in [0.1, 0.15) is 22.8 Å². The number of anilines is 1. The summed E-state index contributed by atoms with van der Waals surface area (Å²) < 4.78 is 42.0. The highest BCUT2D eigenvalue weighted by Gasteiger charge is 2.22. The Balaban J connectivity index is 1.30. The Labute approximate surface area is 220 Å². The zero-order valence-electron chi connectivity index (χ0n) is 20.7. The third-order valence-corrected chi connectivity index (χ3v) is 6.18. The molecule has 1 aromatic carbocycles. The molecule has 14 heteroatoms. The average molecular weight is 536 g/mol. The molecular weight excluding hydrogens is 512 g/mol. The average Bonchev–Trinajstić information content (AvgIpc) is 3.60. The summed E-state index contributed by atoms with van der Waals surface area (Å²) in [6.07, 6.45) is 9.55. The molecule has 2 N–H and O–H groups in total. The van der Waals surface area contributed by atoms with Gasteiger partial charge in [0, 0.05) is 51.2 Å². The van der Waals surface area contributed by atoms with Crippen LogP contribution in [0.2, 0.25) is 0 Å². The Morgan fingerprint density at radius 3 is 2.87 bits per heavy atom. The van der Waals surface area contributed by atoms with E-state index in [-0.39, 0.29) is 28.3 Å². The molecule has 12 nitrogen and oxygen atoms in total. The number of benzene rings is 1. The van der Waals surface area contributed by atoms with Gasteiger partial charge in [-0.2, -0.15) is 24.1 Å². The van der Waals surface area contributed by atoms with Gasteiger partial charge in [-0.3, -0.25) is 14.2 Å². The van der Waals surface area contributed by atoms with Crippen molar-refractivity contribution in [1.82, 2.24) is 39.5 Å². The van der Waals surface area contributed by atoms with Crippen molar-refractivity contribution in [3.05, 3.63) is 67.0 Å². The van der Waals surface area contributed by atoms with Crippen LogP contribution < -0.4 is 20.1 Å². The third kappa shape index (κ3) is 5.13. The van der Waals surface area contributed by atoms with Gasteiger partial charge >= 0.3 is 6.61 Å².